The third kappa shape index (κ3) is 3.84. The van der Waals surface area contributed by atoms with E-state index in [0.29, 0.717) is 11.1 Å². The SMILES string of the molecule is COC(=O)CNC(=O)c1ccc(C(N)=S)cc1. The molecule has 0 atom stereocenters. The first-order chi connectivity index (χ1) is 8.04. The second-order valence-corrected chi connectivity index (χ2v) is 3.64. The molecule has 0 aliphatic heterocycles. The molecule has 0 fully saturated rings. The predicted molar refractivity (Wildman–Crippen MR) is 66.7 cm³/mol. The van der Waals surface area contributed by atoms with Gasteiger partial charge in [-0.05, 0) is 12.1 Å². The van der Waals surface area contributed by atoms with Crippen LogP contribution in [0.25, 0.3) is 0 Å². The van der Waals surface area contributed by atoms with E-state index in [1.807, 2.05) is 0 Å². The van der Waals surface area contributed by atoms with Gasteiger partial charge in [-0.15, -0.1) is 0 Å². The first kappa shape index (κ1) is 13.1. The zero-order chi connectivity index (χ0) is 12.8. The molecular weight excluding hydrogens is 240 g/mol. The van der Waals surface area contributed by atoms with E-state index in [0.717, 1.165) is 0 Å². The molecule has 0 aliphatic carbocycles. The summed E-state index contributed by atoms with van der Waals surface area (Å²) in [4.78, 5) is 22.7. The lowest BCUT2D eigenvalue weighted by Gasteiger charge is -2.04. The molecule has 6 heteroatoms. The number of esters is 1. The van der Waals surface area contributed by atoms with Gasteiger partial charge in [0.15, 0.2) is 0 Å². The molecule has 1 aromatic rings. The highest BCUT2D eigenvalue weighted by Gasteiger charge is 2.08. The Bertz CT molecular complexity index is 443. The number of thiocarbonyl (C=S) groups is 1. The van der Waals surface area contributed by atoms with Gasteiger partial charge < -0.3 is 15.8 Å². The van der Waals surface area contributed by atoms with Crippen LogP contribution in [0.15, 0.2) is 24.3 Å². The number of carbonyl (C=O) groups is 2. The molecule has 0 aromatic heterocycles. The van der Waals surface area contributed by atoms with Gasteiger partial charge in [0.25, 0.3) is 5.91 Å². The Balaban J connectivity index is 2.64. The molecule has 1 aromatic carbocycles. The summed E-state index contributed by atoms with van der Waals surface area (Å²) < 4.78 is 4.40. The topological polar surface area (TPSA) is 81.4 Å². The van der Waals surface area contributed by atoms with Crippen molar-refractivity contribution in [3.05, 3.63) is 35.4 Å². The summed E-state index contributed by atoms with van der Waals surface area (Å²) in [6.07, 6.45) is 0. The van der Waals surface area contributed by atoms with Crippen LogP contribution in [0.2, 0.25) is 0 Å². The van der Waals surface area contributed by atoms with Crippen molar-refractivity contribution in [3.8, 4) is 0 Å². The zero-order valence-corrected chi connectivity index (χ0v) is 10.0. The van der Waals surface area contributed by atoms with Crippen LogP contribution >= 0.6 is 12.2 Å². The molecule has 0 unspecified atom stereocenters. The third-order valence-electron chi connectivity index (χ3n) is 2.05. The Morgan fingerprint density at radius 2 is 1.82 bits per heavy atom. The lowest BCUT2D eigenvalue weighted by Crippen LogP contribution is -2.30. The van der Waals surface area contributed by atoms with Gasteiger partial charge in [-0.2, -0.15) is 0 Å². The summed E-state index contributed by atoms with van der Waals surface area (Å²) in [5.74, 6) is -0.858. The van der Waals surface area contributed by atoms with E-state index in [9.17, 15) is 9.59 Å². The maximum atomic E-state index is 11.6. The highest BCUT2D eigenvalue weighted by Crippen LogP contribution is 2.04. The summed E-state index contributed by atoms with van der Waals surface area (Å²) in [6.45, 7) is -0.160. The number of nitrogens with two attached hydrogens (primary N) is 1. The largest absolute Gasteiger partial charge is 0.468 e. The van der Waals surface area contributed by atoms with E-state index in [1.165, 1.54) is 7.11 Å². The maximum Gasteiger partial charge on any atom is 0.325 e. The van der Waals surface area contributed by atoms with Crippen molar-refractivity contribution in [1.29, 1.82) is 0 Å². The molecule has 3 N–H and O–H groups in total. The van der Waals surface area contributed by atoms with Gasteiger partial charge >= 0.3 is 5.97 Å². The normalized spacial score (nSPS) is 9.47. The standard InChI is InChI=1S/C11H12N2O3S/c1-16-9(14)6-13-11(15)8-4-2-7(3-5-8)10(12)17/h2-5H,6H2,1H3,(H2,12,17)(H,13,15). The van der Waals surface area contributed by atoms with E-state index in [2.05, 4.69) is 10.1 Å². The molecule has 5 nitrogen and oxygen atoms in total. The van der Waals surface area contributed by atoms with Crippen LogP contribution in [-0.4, -0.2) is 30.5 Å². The number of amides is 1. The van der Waals surface area contributed by atoms with E-state index in [-0.39, 0.29) is 17.4 Å². The second kappa shape index (κ2) is 5.95. The summed E-state index contributed by atoms with van der Waals surface area (Å²) in [5, 5.41) is 2.42. The monoisotopic (exact) mass is 252 g/mol. The van der Waals surface area contributed by atoms with Gasteiger partial charge in [-0.3, -0.25) is 9.59 Å². The minimum atomic E-state index is -0.502. The lowest BCUT2D eigenvalue weighted by molar-refractivity contribution is -0.139. The molecule has 0 saturated heterocycles. The van der Waals surface area contributed by atoms with Crippen LogP contribution < -0.4 is 11.1 Å². The molecule has 0 radical (unpaired) electrons. The molecule has 1 amide bonds. The molecule has 90 valence electrons. The predicted octanol–water partition coefficient (Wildman–Crippen LogP) is 0.224. The van der Waals surface area contributed by atoms with Crippen molar-refractivity contribution in [3.63, 3.8) is 0 Å². The van der Waals surface area contributed by atoms with Gasteiger partial charge in [0, 0.05) is 11.1 Å². The van der Waals surface area contributed by atoms with Gasteiger partial charge in [0.05, 0.1) is 7.11 Å². The third-order valence-corrected chi connectivity index (χ3v) is 2.29. The molecular formula is C11H12N2O3S. The summed E-state index contributed by atoms with van der Waals surface area (Å²) in [5.41, 5.74) is 6.54. The van der Waals surface area contributed by atoms with Crippen molar-refractivity contribution in [2.45, 2.75) is 0 Å². The maximum absolute atomic E-state index is 11.6. The molecule has 0 bridgehead atoms. The van der Waals surface area contributed by atoms with Gasteiger partial charge in [-0.1, -0.05) is 24.4 Å². The average molecular weight is 252 g/mol. The second-order valence-electron chi connectivity index (χ2n) is 3.20. The summed E-state index contributed by atoms with van der Waals surface area (Å²) in [6, 6.07) is 6.47. The molecule has 0 spiro atoms. The summed E-state index contributed by atoms with van der Waals surface area (Å²) in [7, 11) is 1.26. The van der Waals surface area contributed by atoms with Crippen LogP contribution in [0.4, 0.5) is 0 Å². The van der Waals surface area contributed by atoms with Crippen molar-refractivity contribution >= 4 is 29.1 Å². The van der Waals surface area contributed by atoms with E-state index < -0.39 is 5.97 Å². The zero-order valence-electron chi connectivity index (χ0n) is 9.23. The number of methoxy groups -OCH3 is 1. The van der Waals surface area contributed by atoms with Crippen LogP contribution in [0, 0.1) is 0 Å². The van der Waals surface area contributed by atoms with Crippen LogP contribution in [0.5, 0.6) is 0 Å². The number of nitrogens with one attached hydrogen (secondary N) is 1. The van der Waals surface area contributed by atoms with Crippen molar-refractivity contribution in [2.75, 3.05) is 13.7 Å². The summed E-state index contributed by atoms with van der Waals surface area (Å²) >= 11 is 4.79. The molecule has 0 aliphatic rings. The van der Waals surface area contributed by atoms with E-state index in [1.54, 1.807) is 24.3 Å². The number of ether oxygens (including phenoxy) is 1. The van der Waals surface area contributed by atoms with E-state index in [4.69, 9.17) is 18.0 Å². The Morgan fingerprint density at radius 3 is 2.29 bits per heavy atom. The van der Waals surface area contributed by atoms with Gasteiger partial charge in [0.2, 0.25) is 0 Å². The smallest absolute Gasteiger partial charge is 0.325 e. The minimum Gasteiger partial charge on any atom is -0.468 e. The molecule has 0 saturated carbocycles. The van der Waals surface area contributed by atoms with Crippen LogP contribution in [0.3, 0.4) is 0 Å². The van der Waals surface area contributed by atoms with Gasteiger partial charge in [-0.25, -0.2) is 0 Å². The molecule has 1 rings (SSSR count). The highest BCUT2D eigenvalue weighted by atomic mass is 32.1. The fraction of sp³-hybridized carbons (Fsp3) is 0.182. The van der Waals surface area contributed by atoms with Crippen molar-refractivity contribution in [1.82, 2.24) is 5.32 Å². The Hall–Kier alpha value is -1.95. The van der Waals surface area contributed by atoms with Crippen LogP contribution in [0.1, 0.15) is 15.9 Å². The first-order valence-electron chi connectivity index (χ1n) is 4.79. The average Bonchev–Trinajstić information content (AvgIpc) is 2.35. The minimum absolute atomic E-state index is 0.160. The highest BCUT2D eigenvalue weighted by molar-refractivity contribution is 7.80. The quantitative estimate of drug-likeness (QED) is 0.592. The van der Waals surface area contributed by atoms with Gasteiger partial charge in [0.1, 0.15) is 11.5 Å². The Labute approximate surface area is 104 Å². The van der Waals surface area contributed by atoms with Crippen LogP contribution in [-0.2, 0) is 9.53 Å². The fourth-order valence-electron chi connectivity index (χ4n) is 1.11. The number of rotatable bonds is 4. The first-order valence-corrected chi connectivity index (χ1v) is 5.20. The fourth-order valence-corrected chi connectivity index (χ4v) is 1.25. The molecule has 0 heterocycles. The van der Waals surface area contributed by atoms with Crippen molar-refractivity contribution in [2.24, 2.45) is 5.73 Å². The van der Waals surface area contributed by atoms with Crippen molar-refractivity contribution < 1.29 is 14.3 Å². The number of hydrogen-bond donors (Lipinski definition) is 2. The lowest BCUT2D eigenvalue weighted by atomic mass is 10.1. The number of carbonyl (C=O) groups excluding carboxylic acids is 2. The number of benzene rings is 1. The Morgan fingerprint density at radius 1 is 1.29 bits per heavy atom. The Kier molecular flexibility index (Phi) is 4.59. The molecule has 17 heavy (non-hydrogen) atoms. The van der Waals surface area contributed by atoms with E-state index >= 15 is 0 Å². The number of hydrogen-bond acceptors (Lipinski definition) is 4.